The van der Waals surface area contributed by atoms with Crippen LogP contribution in [0.15, 0.2) is 42.5 Å². The van der Waals surface area contributed by atoms with Gasteiger partial charge in [0.2, 0.25) is 11.8 Å². The van der Waals surface area contributed by atoms with Gasteiger partial charge in [-0.2, -0.15) is 0 Å². The molecule has 0 heterocycles. The van der Waals surface area contributed by atoms with Crippen molar-refractivity contribution in [3.05, 3.63) is 69.5 Å². The van der Waals surface area contributed by atoms with Crippen molar-refractivity contribution in [3.63, 3.8) is 0 Å². The van der Waals surface area contributed by atoms with Crippen molar-refractivity contribution in [2.24, 2.45) is 0 Å². The second-order valence-corrected chi connectivity index (χ2v) is 6.96. The monoisotopic (exact) mass is 410 g/mol. The fraction of sp³-hybridized carbons (Fsp3) is 0.300. The number of nitrogens with zero attached hydrogens (tertiary/aromatic N) is 1. The Morgan fingerprint density at radius 2 is 1.70 bits per heavy atom. The third kappa shape index (κ3) is 5.94. The van der Waals surface area contributed by atoms with Crippen LogP contribution in [0.2, 0.25) is 10.0 Å². The van der Waals surface area contributed by atoms with Gasteiger partial charge in [-0.15, -0.1) is 0 Å². The van der Waals surface area contributed by atoms with Gasteiger partial charge in [0.05, 0.1) is 16.5 Å². The average molecular weight is 411 g/mol. The molecule has 2 aromatic carbocycles. The summed E-state index contributed by atoms with van der Waals surface area (Å²) in [4.78, 5) is 26.7. The van der Waals surface area contributed by atoms with Crippen LogP contribution in [0.5, 0.6) is 0 Å². The van der Waals surface area contributed by atoms with Crippen LogP contribution in [0.25, 0.3) is 0 Å². The van der Waals surface area contributed by atoms with Gasteiger partial charge in [0.25, 0.3) is 0 Å². The second-order valence-electron chi connectivity index (χ2n) is 6.14. The standard InChI is InChI=1S/C20H21Cl2FN2O2/c1-3-24-20(27)13(2)25(12-14-4-7-16(23)8-5-14)19(26)11-15-6-9-17(21)18(22)10-15/h4-10,13H,3,11-12H2,1-2H3,(H,24,27)/t13-/m1/s1. The maximum absolute atomic E-state index is 13.2. The van der Waals surface area contributed by atoms with Gasteiger partial charge in [-0.3, -0.25) is 9.59 Å². The highest BCUT2D eigenvalue weighted by atomic mass is 35.5. The highest BCUT2D eigenvalue weighted by Crippen LogP contribution is 2.23. The predicted molar refractivity (Wildman–Crippen MR) is 105 cm³/mol. The minimum absolute atomic E-state index is 0.0713. The van der Waals surface area contributed by atoms with Crippen LogP contribution in [0.3, 0.4) is 0 Å². The number of benzene rings is 2. The predicted octanol–water partition coefficient (Wildman–Crippen LogP) is 4.23. The largest absolute Gasteiger partial charge is 0.355 e. The molecule has 0 saturated carbocycles. The van der Waals surface area contributed by atoms with E-state index in [1.807, 2.05) is 6.92 Å². The topological polar surface area (TPSA) is 49.4 Å². The molecule has 2 aromatic rings. The van der Waals surface area contributed by atoms with Gasteiger partial charge < -0.3 is 10.2 Å². The Morgan fingerprint density at radius 3 is 2.30 bits per heavy atom. The Hall–Kier alpha value is -2.11. The Labute approximate surface area is 168 Å². The van der Waals surface area contributed by atoms with E-state index in [0.717, 1.165) is 5.56 Å². The second kappa shape index (κ2) is 9.72. The molecule has 1 atom stereocenters. The van der Waals surface area contributed by atoms with Gasteiger partial charge in [0, 0.05) is 13.1 Å². The highest BCUT2D eigenvalue weighted by molar-refractivity contribution is 6.42. The summed E-state index contributed by atoms with van der Waals surface area (Å²) in [7, 11) is 0. The molecule has 0 bridgehead atoms. The fourth-order valence-electron chi connectivity index (χ4n) is 2.62. The fourth-order valence-corrected chi connectivity index (χ4v) is 2.94. The molecule has 0 fully saturated rings. The van der Waals surface area contributed by atoms with Crippen LogP contribution >= 0.6 is 23.2 Å². The van der Waals surface area contributed by atoms with Crippen molar-refractivity contribution in [1.29, 1.82) is 0 Å². The first-order chi connectivity index (χ1) is 12.8. The van der Waals surface area contributed by atoms with Crippen molar-refractivity contribution in [3.8, 4) is 0 Å². The molecular formula is C20H21Cl2FN2O2. The number of carbonyl (C=O) groups excluding carboxylic acids is 2. The molecule has 0 saturated heterocycles. The Kier molecular flexibility index (Phi) is 7.63. The molecule has 0 aliphatic carbocycles. The van der Waals surface area contributed by atoms with E-state index in [1.165, 1.54) is 17.0 Å². The SMILES string of the molecule is CCNC(=O)[C@@H](C)N(Cc1ccc(F)cc1)C(=O)Cc1ccc(Cl)c(Cl)c1. The smallest absolute Gasteiger partial charge is 0.242 e. The summed E-state index contributed by atoms with van der Waals surface area (Å²) in [5, 5.41) is 3.50. The molecule has 7 heteroatoms. The molecule has 144 valence electrons. The lowest BCUT2D eigenvalue weighted by molar-refractivity contribution is -0.140. The van der Waals surface area contributed by atoms with Crippen molar-refractivity contribution in [2.45, 2.75) is 32.9 Å². The minimum Gasteiger partial charge on any atom is -0.355 e. The van der Waals surface area contributed by atoms with Gasteiger partial charge in [-0.1, -0.05) is 41.4 Å². The van der Waals surface area contributed by atoms with E-state index in [9.17, 15) is 14.0 Å². The van der Waals surface area contributed by atoms with Crippen molar-refractivity contribution < 1.29 is 14.0 Å². The van der Waals surface area contributed by atoms with Gasteiger partial charge in [0.15, 0.2) is 0 Å². The number of rotatable bonds is 7. The van der Waals surface area contributed by atoms with Crippen LogP contribution in [0, 0.1) is 5.82 Å². The summed E-state index contributed by atoms with van der Waals surface area (Å²) < 4.78 is 13.2. The van der Waals surface area contributed by atoms with E-state index >= 15 is 0 Å². The number of carbonyl (C=O) groups is 2. The van der Waals surface area contributed by atoms with E-state index in [0.29, 0.717) is 22.2 Å². The molecule has 27 heavy (non-hydrogen) atoms. The molecule has 0 unspecified atom stereocenters. The van der Waals surface area contributed by atoms with Crippen molar-refractivity contribution >= 4 is 35.0 Å². The molecule has 0 aromatic heterocycles. The zero-order chi connectivity index (χ0) is 20.0. The molecule has 2 rings (SSSR count). The van der Waals surface area contributed by atoms with Crippen LogP contribution in [-0.4, -0.2) is 29.3 Å². The summed E-state index contributed by atoms with van der Waals surface area (Å²) in [6.45, 7) is 4.14. The lowest BCUT2D eigenvalue weighted by Crippen LogP contribution is -2.48. The maximum Gasteiger partial charge on any atom is 0.242 e. The third-order valence-corrected chi connectivity index (χ3v) is 4.86. The molecular weight excluding hydrogens is 390 g/mol. The highest BCUT2D eigenvalue weighted by Gasteiger charge is 2.26. The molecule has 0 radical (unpaired) electrons. The number of nitrogens with one attached hydrogen (secondary N) is 1. The zero-order valence-corrected chi connectivity index (χ0v) is 16.6. The van der Waals surface area contributed by atoms with Crippen LogP contribution in [0.4, 0.5) is 4.39 Å². The summed E-state index contributed by atoms with van der Waals surface area (Å²) in [5.74, 6) is -0.845. The number of hydrogen-bond donors (Lipinski definition) is 1. The first-order valence-electron chi connectivity index (χ1n) is 8.57. The van der Waals surface area contributed by atoms with E-state index in [1.54, 1.807) is 37.3 Å². The zero-order valence-electron chi connectivity index (χ0n) is 15.1. The summed E-state index contributed by atoms with van der Waals surface area (Å²) in [6.07, 6.45) is 0.0713. The Bertz CT molecular complexity index is 812. The molecule has 0 aliphatic heterocycles. The van der Waals surface area contributed by atoms with Gasteiger partial charge in [-0.25, -0.2) is 4.39 Å². The van der Waals surface area contributed by atoms with Gasteiger partial charge >= 0.3 is 0 Å². The number of hydrogen-bond acceptors (Lipinski definition) is 2. The molecule has 1 N–H and O–H groups in total. The normalized spacial score (nSPS) is 11.7. The van der Waals surface area contributed by atoms with Crippen molar-refractivity contribution in [1.82, 2.24) is 10.2 Å². The third-order valence-electron chi connectivity index (χ3n) is 4.12. The molecule has 4 nitrogen and oxygen atoms in total. The molecule has 0 spiro atoms. The summed E-state index contributed by atoms with van der Waals surface area (Å²) in [5.41, 5.74) is 1.43. The molecule has 2 amide bonds. The van der Waals surface area contributed by atoms with Gasteiger partial charge in [0.1, 0.15) is 11.9 Å². The average Bonchev–Trinajstić information content (AvgIpc) is 2.64. The lowest BCUT2D eigenvalue weighted by atomic mass is 10.1. The summed E-state index contributed by atoms with van der Waals surface area (Å²) in [6, 6.07) is 10.2. The van der Waals surface area contributed by atoms with E-state index < -0.39 is 6.04 Å². The van der Waals surface area contributed by atoms with Crippen LogP contribution < -0.4 is 5.32 Å². The summed E-state index contributed by atoms with van der Waals surface area (Å²) >= 11 is 11.9. The Balaban J connectivity index is 2.23. The van der Waals surface area contributed by atoms with Crippen molar-refractivity contribution in [2.75, 3.05) is 6.54 Å². The first-order valence-corrected chi connectivity index (χ1v) is 9.33. The van der Waals surface area contributed by atoms with Gasteiger partial charge in [-0.05, 0) is 49.2 Å². The quantitative estimate of drug-likeness (QED) is 0.742. The first kappa shape index (κ1) is 21.2. The van der Waals surface area contributed by atoms with E-state index in [2.05, 4.69) is 5.32 Å². The number of halogens is 3. The lowest BCUT2D eigenvalue weighted by Gasteiger charge is -2.29. The van der Waals surface area contributed by atoms with E-state index in [4.69, 9.17) is 23.2 Å². The molecule has 0 aliphatic rings. The minimum atomic E-state index is -0.676. The Morgan fingerprint density at radius 1 is 1.07 bits per heavy atom. The van der Waals surface area contributed by atoms with Crippen LogP contribution in [0.1, 0.15) is 25.0 Å². The maximum atomic E-state index is 13.2. The number of amides is 2. The number of likely N-dealkylation sites (N-methyl/N-ethyl adjacent to an activating group) is 1. The van der Waals surface area contributed by atoms with E-state index in [-0.39, 0.29) is 30.6 Å². The van der Waals surface area contributed by atoms with Crippen LogP contribution in [-0.2, 0) is 22.6 Å².